The van der Waals surface area contributed by atoms with Crippen LogP contribution in [0.1, 0.15) is 20.8 Å². The fourth-order valence-electron chi connectivity index (χ4n) is 1.90. The zero-order valence-corrected chi connectivity index (χ0v) is 11.4. The van der Waals surface area contributed by atoms with Gasteiger partial charge in [-0.2, -0.15) is 0 Å². The maximum atomic E-state index is 11.5. The van der Waals surface area contributed by atoms with Crippen molar-refractivity contribution in [3.63, 3.8) is 0 Å². The first-order chi connectivity index (χ1) is 8.33. The average molecular weight is 258 g/mol. The summed E-state index contributed by atoms with van der Waals surface area (Å²) in [5, 5.41) is 5.80. The van der Waals surface area contributed by atoms with Gasteiger partial charge < -0.3 is 20.1 Å². The molecule has 1 aliphatic heterocycles. The highest BCUT2D eigenvalue weighted by molar-refractivity contribution is 5.73. The fraction of sp³-hybridized carbons (Fsp3) is 0.833. The van der Waals surface area contributed by atoms with Crippen molar-refractivity contribution < 1.29 is 19.1 Å². The summed E-state index contributed by atoms with van der Waals surface area (Å²) in [5.74, 6) is -0.397. The molecule has 0 spiro atoms. The van der Waals surface area contributed by atoms with Crippen LogP contribution >= 0.6 is 0 Å². The summed E-state index contributed by atoms with van der Waals surface area (Å²) in [6.45, 7) is 7.10. The van der Waals surface area contributed by atoms with E-state index in [1.165, 1.54) is 7.11 Å². The zero-order valence-electron chi connectivity index (χ0n) is 11.4. The SMILES string of the molecule is COC(=O)[C@H]1CNC[C@@H]1CNC(=O)OC(C)(C)C. The standard InChI is InChI=1S/C12H22N2O4/c1-12(2,3)18-11(16)14-6-8-5-13-7-9(8)10(15)17-4/h8-9,13H,5-7H2,1-4H3,(H,14,16)/t8-,9+/m1/s1. The lowest BCUT2D eigenvalue weighted by atomic mass is 9.96. The van der Waals surface area contributed by atoms with Gasteiger partial charge in [0.25, 0.3) is 0 Å². The number of esters is 1. The van der Waals surface area contributed by atoms with Gasteiger partial charge in [0.1, 0.15) is 5.60 Å². The summed E-state index contributed by atoms with van der Waals surface area (Å²) in [5.41, 5.74) is -0.514. The monoisotopic (exact) mass is 258 g/mol. The van der Waals surface area contributed by atoms with E-state index < -0.39 is 11.7 Å². The Hall–Kier alpha value is -1.30. The lowest BCUT2D eigenvalue weighted by molar-refractivity contribution is -0.146. The van der Waals surface area contributed by atoms with Gasteiger partial charge in [-0.25, -0.2) is 4.79 Å². The van der Waals surface area contributed by atoms with Gasteiger partial charge in [0.05, 0.1) is 13.0 Å². The Morgan fingerprint density at radius 3 is 2.56 bits per heavy atom. The number of carbonyl (C=O) groups is 2. The molecule has 0 bridgehead atoms. The number of nitrogens with one attached hydrogen (secondary N) is 2. The van der Waals surface area contributed by atoms with E-state index in [1.54, 1.807) is 20.8 Å². The first kappa shape index (κ1) is 14.8. The lowest BCUT2D eigenvalue weighted by Gasteiger charge is -2.21. The highest BCUT2D eigenvalue weighted by Crippen LogP contribution is 2.17. The molecule has 0 aromatic carbocycles. The van der Waals surface area contributed by atoms with E-state index in [2.05, 4.69) is 10.6 Å². The van der Waals surface area contributed by atoms with Gasteiger partial charge in [0.15, 0.2) is 0 Å². The number of rotatable bonds is 3. The van der Waals surface area contributed by atoms with Gasteiger partial charge in [-0.3, -0.25) is 4.79 Å². The molecule has 6 heteroatoms. The quantitative estimate of drug-likeness (QED) is 0.722. The minimum Gasteiger partial charge on any atom is -0.469 e. The molecule has 0 aromatic heterocycles. The molecule has 1 rings (SSSR count). The minimum atomic E-state index is -0.514. The first-order valence-electron chi connectivity index (χ1n) is 6.09. The highest BCUT2D eigenvalue weighted by Gasteiger charge is 2.34. The van der Waals surface area contributed by atoms with Crippen LogP contribution in [0.3, 0.4) is 0 Å². The fourth-order valence-corrected chi connectivity index (χ4v) is 1.90. The highest BCUT2D eigenvalue weighted by atomic mass is 16.6. The summed E-state index contributed by atoms with van der Waals surface area (Å²) in [6.07, 6.45) is -0.460. The third kappa shape index (κ3) is 4.52. The Kier molecular flexibility index (Phi) is 4.95. The predicted molar refractivity (Wildman–Crippen MR) is 66.1 cm³/mol. The average Bonchev–Trinajstić information content (AvgIpc) is 2.71. The molecule has 6 nitrogen and oxygen atoms in total. The molecule has 2 N–H and O–H groups in total. The van der Waals surface area contributed by atoms with Gasteiger partial charge in [0, 0.05) is 25.6 Å². The molecule has 2 atom stereocenters. The van der Waals surface area contributed by atoms with Crippen molar-refractivity contribution in [1.82, 2.24) is 10.6 Å². The molecular formula is C12H22N2O4. The largest absolute Gasteiger partial charge is 0.469 e. The molecule has 0 radical (unpaired) electrons. The number of carbonyl (C=O) groups excluding carboxylic acids is 2. The third-order valence-electron chi connectivity index (χ3n) is 2.75. The normalized spacial score (nSPS) is 23.6. The van der Waals surface area contributed by atoms with Crippen molar-refractivity contribution >= 4 is 12.1 Å². The van der Waals surface area contributed by atoms with E-state index in [0.717, 1.165) is 0 Å². The Morgan fingerprint density at radius 1 is 1.33 bits per heavy atom. The molecule has 1 amide bonds. The van der Waals surface area contributed by atoms with Crippen molar-refractivity contribution in [3.8, 4) is 0 Å². The van der Waals surface area contributed by atoms with Crippen LogP contribution < -0.4 is 10.6 Å². The number of amides is 1. The van der Waals surface area contributed by atoms with Gasteiger partial charge >= 0.3 is 12.1 Å². The van der Waals surface area contributed by atoms with Crippen LogP contribution in [-0.2, 0) is 14.3 Å². The smallest absolute Gasteiger partial charge is 0.407 e. The van der Waals surface area contributed by atoms with Crippen LogP contribution in [-0.4, -0.2) is 44.4 Å². The summed E-state index contributed by atoms with van der Waals surface area (Å²) in [6, 6.07) is 0. The van der Waals surface area contributed by atoms with E-state index in [4.69, 9.17) is 9.47 Å². The Balaban J connectivity index is 2.38. The van der Waals surface area contributed by atoms with Crippen LogP contribution in [0.15, 0.2) is 0 Å². The number of hydrogen-bond donors (Lipinski definition) is 2. The van der Waals surface area contributed by atoms with Crippen molar-refractivity contribution in [1.29, 1.82) is 0 Å². The molecular weight excluding hydrogens is 236 g/mol. The number of alkyl carbamates (subject to hydrolysis) is 1. The Bertz CT molecular complexity index is 312. The molecule has 18 heavy (non-hydrogen) atoms. The van der Waals surface area contributed by atoms with Crippen LogP contribution in [0.5, 0.6) is 0 Å². The second kappa shape index (κ2) is 6.04. The molecule has 1 fully saturated rings. The van der Waals surface area contributed by atoms with Crippen molar-refractivity contribution in [2.45, 2.75) is 26.4 Å². The van der Waals surface area contributed by atoms with Gasteiger partial charge in [-0.05, 0) is 20.8 Å². The zero-order chi connectivity index (χ0) is 13.8. The van der Waals surface area contributed by atoms with Gasteiger partial charge in [0.2, 0.25) is 0 Å². The van der Waals surface area contributed by atoms with Crippen LogP contribution in [0.4, 0.5) is 4.79 Å². The maximum absolute atomic E-state index is 11.5. The van der Waals surface area contributed by atoms with E-state index >= 15 is 0 Å². The second-order valence-corrected chi connectivity index (χ2v) is 5.43. The number of methoxy groups -OCH3 is 1. The topological polar surface area (TPSA) is 76.7 Å². The molecule has 1 saturated heterocycles. The van der Waals surface area contributed by atoms with Crippen LogP contribution in [0.25, 0.3) is 0 Å². The van der Waals surface area contributed by atoms with E-state index in [-0.39, 0.29) is 17.8 Å². The molecule has 104 valence electrons. The molecule has 0 aromatic rings. The molecule has 0 saturated carbocycles. The predicted octanol–water partition coefficient (Wildman–Crippen LogP) is 0.520. The molecule has 1 aliphatic rings. The minimum absolute atomic E-state index is 0.0463. The Morgan fingerprint density at radius 2 is 2.00 bits per heavy atom. The first-order valence-corrected chi connectivity index (χ1v) is 6.09. The van der Waals surface area contributed by atoms with Gasteiger partial charge in [-0.15, -0.1) is 0 Å². The van der Waals surface area contributed by atoms with E-state index in [1.807, 2.05) is 0 Å². The number of ether oxygens (including phenoxy) is 2. The van der Waals surface area contributed by atoms with E-state index in [9.17, 15) is 9.59 Å². The lowest BCUT2D eigenvalue weighted by Crippen LogP contribution is -2.38. The van der Waals surface area contributed by atoms with Gasteiger partial charge in [-0.1, -0.05) is 0 Å². The maximum Gasteiger partial charge on any atom is 0.407 e. The summed E-state index contributed by atoms with van der Waals surface area (Å²) >= 11 is 0. The summed E-state index contributed by atoms with van der Waals surface area (Å²) in [4.78, 5) is 23.0. The second-order valence-electron chi connectivity index (χ2n) is 5.43. The van der Waals surface area contributed by atoms with Crippen molar-refractivity contribution in [2.75, 3.05) is 26.7 Å². The van der Waals surface area contributed by atoms with Crippen LogP contribution in [0.2, 0.25) is 0 Å². The summed E-state index contributed by atoms with van der Waals surface area (Å²) < 4.78 is 9.86. The molecule has 0 unspecified atom stereocenters. The number of hydrogen-bond acceptors (Lipinski definition) is 5. The van der Waals surface area contributed by atoms with Crippen LogP contribution in [0, 0.1) is 11.8 Å². The molecule has 1 heterocycles. The van der Waals surface area contributed by atoms with Crippen molar-refractivity contribution in [3.05, 3.63) is 0 Å². The van der Waals surface area contributed by atoms with Crippen molar-refractivity contribution in [2.24, 2.45) is 11.8 Å². The Labute approximate surface area is 107 Å². The van der Waals surface area contributed by atoms with E-state index in [0.29, 0.717) is 19.6 Å². The third-order valence-corrected chi connectivity index (χ3v) is 2.75. The molecule has 0 aliphatic carbocycles. The summed E-state index contributed by atoms with van der Waals surface area (Å²) in [7, 11) is 1.37.